The van der Waals surface area contributed by atoms with Gasteiger partial charge in [0, 0.05) is 12.2 Å². The highest BCUT2D eigenvalue weighted by molar-refractivity contribution is 5.89. The van der Waals surface area contributed by atoms with E-state index in [2.05, 4.69) is 43.2 Å². The molecule has 0 aromatic heterocycles. The second kappa shape index (κ2) is 12.2. The molecular weight excluding hydrogens is 400 g/mol. The lowest BCUT2D eigenvalue weighted by atomic mass is 10.0. The maximum Gasteiger partial charge on any atom is 0.337 e. The summed E-state index contributed by atoms with van der Waals surface area (Å²) in [6.45, 7) is 12.8. The van der Waals surface area contributed by atoms with E-state index < -0.39 is 5.97 Å². The average Bonchev–Trinajstić information content (AvgIpc) is 2.82. The highest BCUT2D eigenvalue weighted by atomic mass is 16.5. The smallest absolute Gasteiger partial charge is 0.337 e. The Kier molecular flexibility index (Phi) is 9.31. The molecular formula is C27H30N2O3. The van der Waals surface area contributed by atoms with E-state index >= 15 is 0 Å². The van der Waals surface area contributed by atoms with Crippen LogP contribution in [0.4, 0.5) is 5.69 Å². The van der Waals surface area contributed by atoms with Crippen molar-refractivity contribution in [3.8, 4) is 11.8 Å². The molecule has 2 aromatic rings. The Labute approximate surface area is 190 Å². The Balaban J connectivity index is 2.26. The highest BCUT2D eigenvalue weighted by Gasteiger charge is 2.17. The summed E-state index contributed by atoms with van der Waals surface area (Å²) in [7, 11) is 1.35. The number of anilines is 1. The van der Waals surface area contributed by atoms with Crippen LogP contribution < -0.4 is 9.64 Å². The lowest BCUT2D eigenvalue weighted by molar-refractivity contribution is 0.0600. The lowest BCUT2D eigenvalue weighted by Gasteiger charge is -2.30. The zero-order valence-corrected chi connectivity index (χ0v) is 19.0. The third-order valence-corrected chi connectivity index (χ3v) is 5.07. The molecule has 0 aliphatic rings. The van der Waals surface area contributed by atoms with Crippen LogP contribution in [0.25, 0.3) is 0 Å². The van der Waals surface area contributed by atoms with E-state index in [1.54, 1.807) is 30.3 Å². The Hall–Kier alpha value is -3.78. The zero-order chi connectivity index (χ0) is 23.5. The number of hydrogen-bond acceptors (Lipinski definition) is 5. The van der Waals surface area contributed by atoms with Gasteiger partial charge in [-0.15, -0.1) is 6.58 Å². The maximum atomic E-state index is 11.8. The van der Waals surface area contributed by atoms with Gasteiger partial charge in [0.15, 0.2) is 0 Å². The summed E-state index contributed by atoms with van der Waals surface area (Å²) >= 11 is 0. The third kappa shape index (κ3) is 6.61. The van der Waals surface area contributed by atoms with Crippen molar-refractivity contribution in [3.63, 3.8) is 0 Å². The minimum absolute atomic E-state index is 0.271. The number of aryl methyl sites for hydroxylation is 1. The van der Waals surface area contributed by atoms with E-state index in [4.69, 9.17) is 9.47 Å². The minimum atomic E-state index is -0.409. The predicted molar refractivity (Wildman–Crippen MR) is 129 cm³/mol. The highest BCUT2D eigenvalue weighted by Crippen LogP contribution is 2.27. The minimum Gasteiger partial charge on any atom is -0.487 e. The molecule has 0 heterocycles. The average molecular weight is 431 g/mol. The molecule has 5 nitrogen and oxygen atoms in total. The standard InChI is InChI=1S/C27H30N2O3/c1-6-22(17-28)15-20(3)18-29(26-14-9-8-11-21(26)4)24(7-2)19-32-25-13-10-12-23(16-25)27(30)31-5/h6-14,16,22H,1,3,15,18-19H2,2,4-5H3/b24-7+. The summed E-state index contributed by atoms with van der Waals surface area (Å²) in [6, 6.07) is 17.3. The van der Waals surface area contributed by atoms with Crippen LogP contribution in [0.3, 0.4) is 0 Å². The molecule has 0 aliphatic heterocycles. The SMILES string of the molecule is C=CC(C#N)CC(=C)CN(/C(=C/C)COc1cccc(C(=O)OC)c1)c1ccccc1C. The predicted octanol–water partition coefficient (Wildman–Crippen LogP) is 5.84. The molecule has 5 heteroatoms. The molecule has 166 valence electrons. The summed E-state index contributed by atoms with van der Waals surface area (Å²) < 4.78 is 10.8. The van der Waals surface area contributed by atoms with Crippen molar-refractivity contribution in [2.75, 3.05) is 25.2 Å². The number of nitriles is 1. The number of nitrogens with zero attached hydrogens (tertiary/aromatic N) is 2. The first kappa shape index (κ1) is 24.5. The quantitative estimate of drug-likeness (QED) is 0.331. The fourth-order valence-electron chi connectivity index (χ4n) is 3.29. The number of rotatable bonds is 11. The van der Waals surface area contributed by atoms with Gasteiger partial charge >= 0.3 is 5.97 Å². The molecule has 0 amide bonds. The molecule has 0 spiro atoms. The Morgan fingerprint density at radius 1 is 1.25 bits per heavy atom. The first-order valence-corrected chi connectivity index (χ1v) is 10.4. The van der Waals surface area contributed by atoms with Crippen LogP contribution in [-0.4, -0.2) is 26.2 Å². The van der Waals surface area contributed by atoms with Gasteiger partial charge in [0.1, 0.15) is 12.4 Å². The fourth-order valence-corrected chi connectivity index (χ4v) is 3.29. The second-order valence-corrected chi connectivity index (χ2v) is 7.39. The monoisotopic (exact) mass is 430 g/mol. The van der Waals surface area contributed by atoms with E-state index in [0.29, 0.717) is 30.9 Å². The number of esters is 1. The number of para-hydroxylation sites is 1. The first-order chi connectivity index (χ1) is 15.4. The van der Waals surface area contributed by atoms with Gasteiger partial charge in [-0.1, -0.05) is 48.6 Å². The van der Waals surface area contributed by atoms with Crippen LogP contribution in [-0.2, 0) is 4.74 Å². The van der Waals surface area contributed by atoms with Crippen molar-refractivity contribution < 1.29 is 14.3 Å². The largest absolute Gasteiger partial charge is 0.487 e. The molecule has 0 N–H and O–H groups in total. The van der Waals surface area contributed by atoms with Gasteiger partial charge in [-0.05, 0) is 50.1 Å². The maximum absolute atomic E-state index is 11.8. The molecule has 32 heavy (non-hydrogen) atoms. The molecule has 2 rings (SSSR count). The Morgan fingerprint density at radius 2 is 2.00 bits per heavy atom. The number of ether oxygens (including phenoxy) is 2. The van der Waals surface area contributed by atoms with Gasteiger partial charge < -0.3 is 14.4 Å². The topological polar surface area (TPSA) is 62.6 Å². The molecule has 0 bridgehead atoms. The summed E-state index contributed by atoms with van der Waals surface area (Å²) in [5.41, 5.74) is 4.46. The van der Waals surface area contributed by atoms with Crippen molar-refractivity contribution in [1.29, 1.82) is 5.26 Å². The summed E-state index contributed by atoms with van der Waals surface area (Å²) in [6.07, 6.45) is 4.19. The molecule has 0 aliphatic carbocycles. The third-order valence-electron chi connectivity index (χ3n) is 5.07. The molecule has 2 aromatic carbocycles. The van der Waals surface area contributed by atoms with Gasteiger partial charge in [0.05, 0.1) is 30.4 Å². The normalized spacial score (nSPS) is 11.8. The van der Waals surface area contributed by atoms with Gasteiger partial charge in [0.2, 0.25) is 0 Å². The molecule has 0 radical (unpaired) electrons. The van der Waals surface area contributed by atoms with Crippen LogP contribution in [0.15, 0.2) is 85.1 Å². The number of carbonyl (C=O) groups is 1. The summed E-state index contributed by atoms with van der Waals surface area (Å²) in [5.74, 6) is -0.103. The van der Waals surface area contributed by atoms with Crippen LogP contribution in [0.2, 0.25) is 0 Å². The van der Waals surface area contributed by atoms with E-state index in [1.807, 2.05) is 25.1 Å². The molecule has 0 fully saturated rings. The molecule has 0 saturated carbocycles. The number of methoxy groups -OCH3 is 1. The van der Waals surface area contributed by atoms with Crippen LogP contribution >= 0.6 is 0 Å². The van der Waals surface area contributed by atoms with Crippen molar-refractivity contribution in [2.45, 2.75) is 20.3 Å². The van der Waals surface area contributed by atoms with Crippen molar-refractivity contribution in [3.05, 3.63) is 96.2 Å². The van der Waals surface area contributed by atoms with Crippen LogP contribution in [0, 0.1) is 24.2 Å². The van der Waals surface area contributed by atoms with Crippen molar-refractivity contribution in [1.82, 2.24) is 0 Å². The van der Waals surface area contributed by atoms with Crippen LogP contribution in [0.5, 0.6) is 5.75 Å². The van der Waals surface area contributed by atoms with Gasteiger partial charge in [-0.2, -0.15) is 5.26 Å². The van der Waals surface area contributed by atoms with E-state index in [0.717, 1.165) is 22.5 Å². The number of hydrogen-bond donors (Lipinski definition) is 0. The second-order valence-electron chi connectivity index (χ2n) is 7.39. The Morgan fingerprint density at radius 3 is 2.62 bits per heavy atom. The number of benzene rings is 2. The van der Waals surface area contributed by atoms with Crippen molar-refractivity contribution in [2.24, 2.45) is 5.92 Å². The van der Waals surface area contributed by atoms with Gasteiger partial charge in [-0.3, -0.25) is 0 Å². The van der Waals surface area contributed by atoms with E-state index in [1.165, 1.54) is 7.11 Å². The molecule has 0 saturated heterocycles. The van der Waals surface area contributed by atoms with Crippen molar-refractivity contribution >= 4 is 11.7 Å². The number of carbonyl (C=O) groups excluding carboxylic acids is 1. The Bertz CT molecular complexity index is 1030. The molecule has 1 unspecified atom stereocenters. The van der Waals surface area contributed by atoms with Gasteiger partial charge in [0.25, 0.3) is 0 Å². The lowest BCUT2D eigenvalue weighted by Crippen LogP contribution is -2.29. The van der Waals surface area contributed by atoms with Crippen LogP contribution in [0.1, 0.15) is 29.3 Å². The summed E-state index contributed by atoms with van der Waals surface area (Å²) in [5, 5.41) is 9.27. The first-order valence-electron chi connectivity index (χ1n) is 10.4. The summed E-state index contributed by atoms with van der Waals surface area (Å²) in [4.78, 5) is 14.0. The van der Waals surface area contributed by atoms with E-state index in [9.17, 15) is 10.1 Å². The zero-order valence-electron chi connectivity index (χ0n) is 19.0. The molecule has 1 atom stereocenters. The number of allylic oxidation sites excluding steroid dienone is 2. The fraction of sp³-hybridized carbons (Fsp3) is 0.259. The van der Waals surface area contributed by atoms with Gasteiger partial charge in [-0.25, -0.2) is 4.79 Å². The van der Waals surface area contributed by atoms with E-state index in [-0.39, 0.29) is 5.92 Å².